The van der Waals surface area contributed by atoms with E-state index < -0.39 is 0 Å². The van der Waals surface area contributed by atoms with Crippen LogP contribution in [0.5, 0.6) is 5.75 Å². The van der Waals surface area contributed by atoms with Crippen LogP contribution in [0.15, 0.2) is 6.33 Å². The first-order valence-electron chi connectivity index (χ1n) is 6.25. The summed E-state index contributed by atoms with van der Waals surface area (Å²) in [5.41, 5.74) is 0. The van der Waals surface area contributed by atoms with Crippen LogP contribution in [0.1, 0.15) is 13.3 Å². The smallest absolute Gasteiger partial charge is 0.198 e. The molecule has 100 valence electrons. The summed E-state index contributed by atoms with van der Waals surface area (Å²) < 4.78 is 5.20. The molecule has 0 amide bonds. The molecule has 0 radical (unpaired) electrons. The van der Waals surface area contributed by atoms with E-state index in [2.05, 4.69) is 27.1 Å². The summed E-state index contributed by atoms with van der Waals surface area (Å²) >= 11 is 5.95. The van der Waals surface area contributed by atoms with Crippen LogP contribution in [-0.4, -0.2) is 48.2 Å². The van der Waals surface area contributed by atoms with Crippen LogP contribution in [0.2, 0.25) is 5.15 Å². The number of nitrogens with zero attached hydrogens (tertiary/aromatic N) is 3. The maximum absolute atomic E-state index is 5.95. The molecule has 18 heavy (non-hydrogen) atoms. The van der Waals surface area contributed by atoms with Crippen molar-refractivity contribution in [2.75, 3.05) is 38.6 Å². The molecule has 2 rings (SSSR count). The van der Waals surface area contributed by atoms with E-state index in [1.54, 1.807) is 7.11 Å². The van der Waals surface area contributed by atoms with Crippen molar-refractivity contribution < 1.29 is 4.74 Å². The average Bonchev–Trinajstić information content (AvgIpc) is 2.84. The summed E-state index contributed by atoms with van der Waals surface area (Å²) in [4.78, 5) is 10.5. The SMILES string of the molecule is CCN1CCC(CNc2ncnc(Cl)c2OC)C1. The quantitative estimate of drug-likeness (QED) is 0.828. The topological polar surface area (TPSA) is 50.3 Å². The van der Waals surface area contributed by atoms with Gasteiger partial charge in [0.2, 0.25) is 0 Å². The zero-order chi connectivity index (χ0) is 13.0. The predicted molar refractivity (Wildman–Crippen MR) is 72.3 cm³/mol. The van der Waals surface area contributed by atoms with Gasteiger partial charge >= 0.3 is 0 Å². The van der Waals surface area contributed by atoms with Crippen LogP contribution >= 0.6 is 11.6 Å². The van der Waals surface area contributed by atoms with Gasteiger partial charge in [0.05, 0.1) is 7.11 Å². The Balaban J connectivity index is 1.92. The Kier molecular flexibility index (Phi) is 4.60. The normalized spacial score (nSPS) is 20.1. The number of hydrogen-bond acceptors (Lipinski definition) is 5. The van der Waals surface area contributed by atoms with Gasteiger partial charge in [-0.1, -0.05) is 18.5 Å². The number of methoxy groups -OCH3 is 1. The fraction of sp³-hybridized carbons (Fsp3) is 0.667. The zero-order valence-corrected chi connectivity index (χ0v) is 11.6. The zero-order valence-electron chi connectivity index (χ0n) is 10.8. The maximum atomic E-state index is 5.95. The molecule has 0 bridgehead atoms. The van der Waals surface area contributed by atoms with Crippen molar-refractivity contribution >= 4 is 17.4 Å². The molecular formula is C12H19ClN4O. The van der Waals surface area contributed by atoms with Crippen molar-refractivity contribution in [3.63, 3.8) is 0 Å². The number of hydrogen-bond donors (Lipinski definition) is 1. The summed E-state index contributed by atoms with van der Waals surface area (Å²) in [5, 5.41) is 3.65. The highest BCUT2D eigenvalue weighted by atomic mass is 35.5. The fourth-order valence-electron chi connectivity index (χ4n) is 2.27. The molecule has 0 aromatic carbocycles. The van der Waals surface area contributed by atoms with Crippen LogP contribution in [0.3, 0.4) is 0 Å². The first-order chi connectivity index (χ1) is 8.74. The van der Waals surface area contributed by atoms with Crippen LogP contribution in [0, 0.1) is 5.92 Å². The van der Waals surface area contributed by atoms with Gasteiger partial charge in [-0.15, -0.1) is 0 Å². The van der Waals surface area contributed by atoms with E-state index >= 15 is 0 Å². The first-order valence-corrected chi connectivity index (χ1v) is 6.63. The van der Waals surface area contributed by atoms with Crippen molar-refractivity contribution in [3.05, 3.63) is 11.5 Å². The van der Waals surface area contributed by atoms with E-state index in [4.69, 9.17) is 16.3 Å². The second kappa shape index (κ2) is 6.20. The van der Waals surface area contributed by atoms with Gasteiger partial charge in [-0.2, -0.15) is 0 Å². The fourth-order valence-corrected chi connectivity index (χ4v) is 2.48. The number of rotatable bonds is 5. The van der Waals surface area contributed by atoms with Crippen LogP contribution in [0.25, 0.3) is 0 Å². The molecule has 6 heteroatoms. The molecule has 2 heterocycles. The van der Waals surface area contributed by atoms with Gasteiger partial charge in [-0.25, -0.2) is 9.97 Å². The standard InChI is InChI=1S/C12H19ClN4O/c1-3-17-5-4-9(7-17)6-14-12-10(18-2)11(13)15-8-16-12/h8-9H,3-7H2,1-2H3,(H,14,15,16). The van der Waals surface area contributed by atoms with E-state index in [9.17, 15) is 0 Å². The minimum atomic E-state index is 0.344. The van der Waals surface area contributed by atoms with Gasteiger partial charge in [0.1, 0.15) is 6.33 Å². The van der Waals surface area contributed by atoms with Gasteiger partial charge in [-0.05, 0) is 25.4 Å². The number of nitrogens with one attached hydrogen (secondary N) is 1. The third-order valence-corrected chi connectivity index (χ3v) is 3.61. The second-order valence-electron chi connectivity index (χ2n) is 4.48. The molecule has 0 aliphatic carbocycles. The molecule has 1 aliphatic rings. The number of ether oxygens (including phenoxy) is 1. The van der Waals surface area contributed by atoms with Crippen molar-refractivity contribution in [1.82, 2.24) is 14.9 Å². The molecule has 0 saturated carbocycles. The lowest BCUT2D eigenvalue weighted by Gasteiger charge is -2.15. The van der Waals surface area contributed by atoms with Crippen molar-refractivity contribution in [2.45, 2.75) is 13.3 Å². The molecule has 1 fully saturated rings. The molecule has 1 aliphatic heterocycles. The molecule has 1 N–H and O–H groups in total. The van der Waals surface area contributed by atoms with E-state index in [-0.39, 0.29) is 0 Å². The number of likely N-dealkylation sites (tertiary alicyclic amines) is 1. The highest BCUT2D eigenvalue weighted by molar-refractivity contribution is 6.31. The van der Waals surface area contributed by atoms with Gasteiger partial charge in [-0.3, -0.25) is 0 Å². The number of aromatic nitrogens is 2. The number of anilines is 1. The molecule has 1 aromatic heterocycles. The lowest BCUT2D eigenvalue weighted by atomic mass is 10.1. The summed E-state index contributed by atoms with van der Waals surface area (Å²) in [5.74, 6) is 1.85. The minimum absolute atomic E-state index is 0.344. The minimum Gasteiger partial charge on any atom is -0.490 e. The van der Waals surface area contributed by atoms with Gasteiger partial charge < -0.3 is 15.0 Å². The molecule has 5 nitrogen and oxygen atoms in total. The van der Waals surface area contributed by atoms with Crippen molar-refractivity contribution in [3.8, 4) is 5.75 Å². The monoisotopic (exact) mass is 270 g/mol. The molecule has 1 unspecified atom stereocenters. The van der Waals surface area contributed by atoms with Crippen LogP contribution < -0.4 is 10.1 Å². The lowest BCUT2D eigenvalue weighted by molar-refractivity contribution is 0.344. The molecule has 1 aromatic rings. The Bertz CT molecular complexity index is 402. The highest BCUT2D eigenvalue weighted by Gasteiger charge is 2.21. The van der Waals surface area contributed by atoms with E-state index in [1.165, 1.54) is 19.3 Å². The van der Waals surface area contributed by atoms with Crippen LogP contribution in [-0.2, 0) is 0 Å². The Morgan fingerprint density at radius 3 is 3.06 bits per heavy atom. The predicted octanol–water partition coefficient (Wildman–Crippen LogP) is 1.89. The second-order valence-corrected chi connectivity index (χ2v) is 4.83. The largest absolute Gasteiger partial charge is 0.490 e. The van der Waals surface area contributed by atoms with Crippen molar-refractivity contribution in [1.29, 1.82) is 0 Å². The average molecular weight is 271 g/mol. The third-order valence-electron chi connectivity index (χ3n) is 3.34. The van der Waals surface area contributed by atoms with Gasteiger partial charge in [0.15, 0.2) is 16.7 Å². The number of halogens is 1. The summed E-state index contributed by atoms with van der Waals surface area (Å²) in [6.07, 6.45) is 2.67. The van der Waals surface area contributed by atoms with Crippen molar-refractivity contribution in [2.24, 2.45) is 5.92 Å². The molecular weight excluding hydrogens is 252 g/mol. The summed E-state index contributed by atoms with van der Waals surface area (Å²) in [6.45, 7) is 6.54. The Morgan fingerprint density at radius 2 is 2.39 bits per heavy atom. The lowest BCUT2D eigenvalue weighted by Crippen LogP contribution is -2.22. The van der Waals surface area contributed by atoms with Crippen LogP contribution in [0.4, 0.5) is 5.82 Å². The third kappa shape index (κ3) is 3.03. The Morgan fingerprint density at radius 1 is 1.56 bits per heavy atom. The molecule has 1 atom stereocenters. The molecule has 1 saturated heterocycles. The Hall–Kier alpha value is -1.07. The van der Waals surface area contributed by atoms with Gasteiger partial charge in [0, 0.05) is 13.1 Å². The van der Waals surface area contributed by atoms with E-state index in [0.29, 0.717) is 22.6 Å². The first kappa shape index (κ1) is 13.4. The highest BCUT2D eigenvalue weighted by Crippen LogP contribution is 2.28. The van der Waals surface area contributed by atoms with E-state index in [0.717, 1.165) is 19.6 Å². The maximum Gasteiger partial charge on any atom is 0.198 e. The molecule has 0 spiro atoms. The van der Waals surface area contributed by atoms with E-state index in [1.807, 2.05) is 0 Å². The summed E-state index contributed by atoms with van der Waals surface area (Å²) in [7, 11) is 1.57. The summed E-state index contributed by atoms with van der Waals surface area (Å²) in [6, 6.07) is 0. The van der Waals surface area contributed by atoms with Gasteiger partial charge in [0.25, 0.3) is 0 Å². The Labute approximate surface area is 113 Å².